The van der Waals surface area contributed by atoms with E-state index in [9.17, 15) is 4.79 Å². The minimum Gasteiger partial charge on any atom is -0.333 e. The van der Waals surface area contributed by atoms with Gasteiger partial charge in [-0.15, -0.1) is 0 Å². The van der Waals surface area contributed by atoms with Gasteiger partial charge in [0, 0.05) is 43.8 Å². The highest BCUT2D eigenvalue weighted by molar-refractivity contribution is 5.97. The summed E-state index contributed by atoms with van der Waals surface area (Å²) in [7, 11) is 0. The molecule has 2 aromatic heterocycles. The number of nitrogens with zero attached hydrogens (tertiary/aromatic N) is 4. The molecule has 1 fully saturated rings. The molecule has 3 heterocycles. The highest BCUT2D eigenvalue weighted by Crippen LogP contribution is 2.17. The average molecular weight is 301 g/mol. The molecule has 1 aliphatic rings. The minimum atomic E-state index is 0.0556. The molecule has 1 N–H and O–H groups in total. The molecule has 2 aromatic rings. The lowest BCUT2D eigenvalue weighted by molar-refractivity contribution is 0.0655. The Morgan fingerprint density at radius 1 is 1.45 bits per heavy atom. The van der Waals surface area contributed by atoms with Crippen molar-refractivity contribution in [3.63, 3.8) is 0 Å². The lowest BCUT2D eigenvalue weighted by atomic mass is 10.1. The van der Waals surface area contributed by atoms with Gasteiger partial charge in [-0.2, -0.15) is 5.10 Å². The highest BCUT2D eigenvalue weighted by atomic mass is 16.2. The zero-order valence-corrected chi connectivity index (χ0v) is 13.4. The molecule has 0 saturated carbocycles. The molecule has 6 nitrogen and oxygen atoms in total. The molecule has 6 heteroatoms. The molecule has 0 bridgehead atoms. The molecule has 1 aliphatic heterocycles. The van der Waals surface area contributed by atoms with E-state index in [4.69, 9.17) is 0 Å². The van der Waals surface area contributed by atoms with Gasteiger partial charge in [0.2, 0.25) is 0 Å². The Balaban J connectivity index is 1.87. The van der Waals surface area contributed by atoms with Gasteiger partial charge in [0.1, 0.15) is 0 Å². The number of aromatic nitrogens is 3. The Kier molecular flexibility index (Phi) is 4.11. The number of rotatable bonds is 3. The van der Waals surface area contributed by atoms with E-state index in [1.165, 1.54) is 0 Å². The van der Waals surface area contributed by atoms with Crippen molar-refractivity contribution in [3.8, 4) is 0 Å². The summed E-state index contributed by atoms with van der Waals surface area (Å²) >= 11 is 0. The summed E-state index contributed by atoms with van der Waals surface area (Å²) in [6, 6.07) is 2.11. The first-order valence-electron chi connectivity index (χ1n) is 7.89. The normalized spacial score (nSPS) is 19.1. The maximum absolute atomic E-state index is 12.7. The van der Waals surface area contributed by atoms with Crippen LogP contribution in [0.5, 0.6) is 0 Å². The van der Waals surface area contributed by atoms with Gasteiger partial charge in [-0.25, -0.2) is 9.67 Å². The van der Waals surface area contributed by atoms with Crippen molar-refractivity contribution >= 4 is 16.9 Å². The number of carbonyl (C=O) groups excluding carboxylic acids is 1. The van der Waals surface area contributed by atoms with Crippen molar-refractivity contribution in [1.29, 1.82) is 0 Å². The predicted octanol–water partition coefficient (Wildman–Crippen LogP) is 1.52. The fourth-order valence-corrected chi connectivity index (χ4v) is 2.88. The largest absolute Gasteiger partial charge is 0.333 e. The maximum Gasteiger partial charge on any atom is 0.255 e. The van der Waals surface area contributed by atoms with E-state index in [1.54, 1.807) is 12.4 Å². The van der Waals surface area contributed by atoms with Gasteiger partial charge in [-0.3, -0.25) is 4.79 Å². The molecule has 0 spiro atoms. The van der Waals surface area contributed by atoms with Crippen LogP contribution in [0.3, 0.4) is 0 Å². The third-order valence-electron chi connectivity index (χ3n) is 4.02. The maximum atomic E-state index is 12.7. The van der Waals surface area contributed by atoms with Crippen molar-refractivity contribution in [3.05, 3.63) is 24.0 Å². The summed E-state index contributed by atoms with van der Waals surface area (Å²) in [5.41, 5.74) is 1.49. The van der Waals surface area contributed by atoms with Crippen LogP contribution in [0.15, 0.2) is 18.5 Å². The number of pyridine rings is 1. The first-order valence-corrected chi connectivity index (χ1v) is 7.89. The smallest absolute Gasteiger partial charge is 0.255 e. The van der Waals surface area contributed by atoms with Gasteiger partial charge in [-0.1, -0.05) is 13.8 Å². The second-order valence-corrected chi connectivity index (χ2v) is 6.41. The van der Waals surface area contributed by atoms with Crippen molar-refractivity contribution < 1.29 is 4.79 Å². The molecule has 118 valence electrons. The minimum absolute atomic E-state index is 0.0556. The zero-order chi connectivity index (χ0) is 15.7. The van der Waals surface area contributed by atoms with Gasteiger partial charge < -0.3 is 10.2 Å². The van der Waals surface area contributed by atoms with Gasteiger partial charge in [0.05, 0.1) is 11.8 Å². The SMILES string of the molecule is CC(C)Cn1ncc2cc(C(=O)N3CCNC[C@H]3C)cnc21. The first-order chi connectivity index (χ1) is 10.6. The average Bonchev–Trinajstić information content (AvgIpc) is 2.89. The van der Waals surface area contributed by atoms with Crippen LogP contribution in [0.1, 0.15) is 31.1 Å². The topological polar surface area (TPSA) is 63.1 Å². The number of amides is 1. The van der Waals surface area contributed by atoms with E-state index in [0.717, 1.165) is 37.2 Å². The van der Waals surface area contributed by atoms with Crippen LogP contribution in [0.4, 0.5) is 0 Å². The molecule has 3 rings (SSSR count). The van der Waals surface area contributed by atoms with Crippen LogP contribution >= 0.6 is 0 Å². The molecule has 22 heavy (non-hydrogen) atoms. The molecule has 1 amide bonds. The van der Waals surface area contributed by atoms with Crippen LogP contribution in [-0.4, -0.2) is 51.2 Å². The van der Waals surface area contributed by atoms with E-state index >= 15 is 0 Å². The Morgan fingerprint density at radius 3 is 3.00 bits per heavy atom. The molecule has 1 saturated heterocycles. The molecular weight excluding hydrogens is 278 g/mol. The Labute approximate surface area is 130 Å². The summed E-state index contributed by atoms with van der Waals surface area (Å²) in [5.74, 6) is 0.563. The van der Waals surface area contributed by atoms with Crippen LogP contribution < -0.4 is 5.32 Å². The van der Waals surface area contributed by atoms with Crippen molar-refractivity contribution in [2.45, 2.75) is 33.4 Å². The molecule has 0 unspecified atom stereocenters. The molecule has 1 atom stereocenters. The summed E-state index contributed by atoms with van der Waals surface area (Å²) in [5, 5.41) is 8.61. The monoisotopic (exact) mass is 301 g/mol. The van der Waals surface area contributed by atoms with Crippen LogP contribution in [0.25, 0.3) is 11.0 Å². The van der Waals surface area contributed by atoms with Crippen LogP contribution in [0, 0.1) is 5.92 Å². The van der Waals surface area contributed by atoms with E-state index in [0.29, 0.717) is 11.5 Å². The summed E-state index contributed by atoms with van der Waals surface area (Å²) in [4.78, 5) is 19.1. The fourth-order valence-electron chi connectivity index (χ4n) is 2.88. The van der Waals surface area contributed by atoms with E-state index in [1.807, 2.05) is 15.6 Å². The lowest BCUT2D eigenvalue weighted by Crippen LogP contribution is -2.52. The molecule has 0 radical (unpaired) electrons. The highest BCUT2D eigenvalue weighted by Gasteiger charge is 2.24. The Bertz CT molecular complexity index is 678. The quantitative estimate of drug-likeness (QED) is 0.933. The van der Waals surface area contributed by atoms with Gasteiger partial charge in [0.15, 0.2) is 5.65 Å². The van der Waals surface area contributed by atoms with Gasteiger partial charge in [0.25, 0.3) is 5.91 Å². The molecular formula is C16H23N5O. The summed E-state index contributed by atoms with van der Waals surface area (Å²) < 4.78 is 1.90. The molecule has 0 aliphatic carbocycles. The lowest BCUT2D eigenvalue weighted by Gasteiger charge is -2.33. The Morgan fingerprint density at radius 2 is 2.27 bits per heavy atom. The predicted molar refractivity (Wildman–Crippen MR) is 85.7 cm³/mol. The van der Waals surface area contributed by atoms with Crippen LogP contribution in [-0.2, 0) is 6.54 Å². The number of nitrogens with one attached hydrogen (secondary N) is 1. The van der Waals surface area contributed by atoms with Gasteiger partial charge in [-0.05, 0) is 18.9 Å². The van der Waals surface area contributed by atoms with Crippen LogP contribution in [0.2, 0.25) is 0 Å². The third-order valence-corrected chi connectivity index (χ3v) is 4.02. The standard InChI is InChI=1S/C16H23N5O/c1-11(2)10-21-15-13(9-19-21)6-14(8-18-15)16(22)20-5-4-17-7-12(20)3/h6,8-9,11-12,17H,4-5,7,10H2,1-3H3/t12-/m1/s1. The first kappa shape index (κ1) is 15.0. The van der Waals surface area contributed by atoms with Gasteiger partial charge >= 0.3 is 0 Å². The number of carbonyl (C=O) groups is 1. The fraction of sp³-hybridized carbons (Fsp3) is 0.562. The molecule has 0 aromatic carbocycles. The van der Waals surface area contributed by atoms with Crippen molar-refractivity contribution in [2.24, 2.45) is 5.92 Å². The van der Waals surface area contributed by atoms with E-state index in [2.05, 4.69) is 36.2 Å². The number of piperazine rings is 1. The summed E-state index contributed by atoms with van der Waals surface area (Å²) in [6.07, 6.45) is 3.47. The zero-order valence-electron chi connectivity index (χ0n) is 13.4. The number of hydrogen-bond donors (Lipinski definition) is 1. The summed E-state index contributed by atoms with van der Waals surface area (Å²) in [6.45, 7) is 9.63. The number of fused-ring (bicyclic) bond motifs is 1. The third kappa shape index (κ3) is 2.83. The second kappa shape index (κ2) is 6.04. The van der Waals surface area contributed by atoms with E-state index in [-0.39, 0.29) is 11.9 Å². The number of hydrogen-bond acceptors (Lipinski definition) is 4. The van der Waals surface area contributed by atoms with E-state index < -0.39 is 0 Å². The van der Waals surface area contributed by atoms with Crippen molar-refractivity contribution in [2.75, 3.05) is 19.6 Å². The van der Waals surface area contributed by atoms with Crippen molar-refractivity contribution in [1.82, 2.24) is 25.0 Å². The second-order valence-electron chi connectivity index (χ2n) is 6.41. The Hall–Kier alpha value is -1.95.